The maximum absolute atomic E-state index is 10.1. The maximum atomic E-state index is 10.1. The molecule has 0 spiro atoms. The standard InChI is InChI=1S/C19H22O5/c1-5-13-8-9-14(18(21)17(13)20)7-6-12-10-15(22-2)19(24-4)16(11-12)23-3/h6-11,20-21H,5H2,1-4H3/b7-6+. The van der Waals surface area contributed by atoms with Gasteiger partial charge in [-0.05, 0) is 29.7 Å². The van der Waals surface area contributed by atoms with Gasteiger partial charge in [-0.1, -0.05) is 31.2 Å². The molecule has 0 heterocycles. The van der Waals surface area contributed by atoms with E-state index >= 15 is 0 Å². The van der Waals surface area contributed by atoms with Gasteiger partial charge in [-0.25, -0.2) is 0 Å². The van der Waals surface area contributed by atoms with E-state index in [2.05, 4.69) is 0 Å². The first-order chi connectivity index (χ1) is 11.5. The summed E-state index contributed by atoms with van der Waals surface area (Å²) in [5.41, 5.74) is 2.04. The van der Waals surface area contributed by atoms with Crippen molar-refractivity contribution < 1.29 is 24.4 Å². The summed E-state index contributed by atoms with van der Waals surface area (Å²) < 4.78 is 15.9. The molecule has 0 aliphatic rings. The normalized spacial score (nSPS) is 10.8. The van der Waals surface area contributed by atoms with Crippen LogP contribution < -0.4 is 14.2 Å². The van der Waals surface area contributed by atoms with Crippen molar-refractivity contribution in [3.63, 3.8) is 0 Å². The van der Waals surface area contributed by atoms with E-state index in [1.807, 2.05) is 6.92 Å². The van der Waals surface area contributed by atoms with Crippen molar-refractivity contribution in [2.75, 3.05) is 21.3 Å². The van der Waals surface area contributed by atoms with E-state index in [4.69, 9.17) is 14.2 Å². The molecule has 5 nitrogen and oxygen atoms in total. The second kappa shape index (κ2) is 7.64. The van der Waals surface area contributed by atoms with Crippen molar-refractivity contribution in [3.8, 4) is 28.7 Å². The van der Waals surface area contributed by atoms with Gasteiger partial charge in [0, 0.05) is 5.56 Å². The monoisotopic (exact) mass is 330 g/mol. The fourth-order valence-electron chi connectivity index (χ4n) is 2.44. The fourth-order valence-corrected chi connectivity index (χ4v) is 2.44. The van der Waals surface area contributed by atoms with Gasteiger partial charge in [0.1, 0.15) is 0 Å². The number of methoxy groups -OCH3 is 3. The van der Waals surface area contributed by atoms with Crippen LogP contribution in [0.3, 0.4) is 0 Å². The molecular weight excluding hydrogens is 308 g/mol. The third kappa shape index (κ3) is 3.40. The van der Waals surface area contributed by atoms with Crippen LogP contribution in [0.2, 0.25) is 0 Å². The lowest BCUT2D eigenvalue weighted by Crippen LogP contribution is -1.95. The summed E-state index contributed by atoms with van der Waals surface area (Å²) in [7, 11) is 4.65. The number of benzene rings is 2. The summed E-state index contributed by atoms with van der Waals surface area (Å²) in [6, 6.07) is 7.16. The van der Waals surface area contributed by atoms with Crippen molar-refractivity contribution in [1.29, 1.82) is 0 Å². The summed E-state index contributed by atoms with van der Waals surface area (Å²) in [5.74, 6) is 1.40. The number of hydrogen-bond donors (Lipinski definition) is 2. The van der Waals surface area contributed by atoms with E-state index < -0.39 is 0 Å². The van der Waals surface area contributed by atoms with Crippen LogP contribution in [0.5, 0.6) is 28.7 Å². The van der Waals surface area contributed by atoms with Gasteiger partial charge in [-0.2, -0.15) is 0 Å². The molecule has 0 saturated heterocycles. The Morgan fingerprint density at radius 3 is 2.00 bits per heavy atom. The van der Waals surface area contributed by atoms with Crippen LogP contribution in [0.4, 0.5) is 0 Å². The molecule has 0 aromatic heterocycles. The highest BCUT2D eigenvalue weighted by atomic mass is 16.5. The zero-order chi connectivity index (χ0) is 17.7. The van der Waals surface area contributed by atoms with Crippen molar-refractivity contribution in [1.82, 2.24) is 0 Å². The summed E-state index contributed by atoms with van der Waals surface area (Å²) in [5, 5.41) is 20.1. The van der Waals surface area contributed by atoms with Crippen LogP contribution in [-0.4, -0.2) is 31.5 Å². The maximum Gasteiger partial charge on any atom is 0.203 e. The molecule has 0 unspecified atom stereocenters. The van der Waals surface area contributed by atoms with Crippen LogP contribution in [0.25, 0.3) is 12.2 Å². The number of aryl methyl sites for hydroxylation is 1. The van der Waals surface area contributed by atoms with Crippen LogP contribution in [-0.2, 0) is 6.42 Å². The smallest absolute Gasteiger partial charge is 0.203 e. The molecule has 0 aliphatic carbocycles. The summed E-state index contributed by atoms with van der Waals surface area (Å²) in [6.45, 7) is 1.92. The van der Waals surface area contributed by atoms with E-state index in [-0.39, 0.29) is 11.5 Å². The summed E-state index contributed by atoms with van der Waals surface area (Å²) >= 11 is 0. The highest BCUT2D eigenvalue weighted by molar-refractivity contribution is 5.76. The molecule has 0 atom stereocenters. The summed E-state index contributed by atoms with van der Waals surface area (Å²) in [4.78, 5) is 0. The van der Waals surface area contributed by atoms with Gasteiger partial charge in [0.2, 0.25) is 5.75 Å². The predicted molar refractivity (Wildman–Crippen MR) is 94.2 cm³/mol. The van der Waals surface area contributed by atoms with Gasteiger partial charge in [0.25, 0.3) is 0 Å². The number of rotatable bonds is 6. The Morgan fingerprint density at radius 2 is 1.50 bits per heavy atom. The third-order valence-corrected chi connectivity index (χ3v) is 3.79. The van der Waals surface area contributed by atoms with E-state index in [0.717, 1.165) is 5.56 Å². The van der Waals surface area contributed by atoms with Gasteiger partial charge in [0.15, 0.2) is 23.0 Å². The zero-order valence-electron chi connectivity index (χ0n) is 14.3. The van der Waals surface area contributed by atoms with Gasteiger partial charge >= 0.3 is 0 Å². The van der Waals surface area contributed by atoms with Crippen LogP contribution in [0, 0.1) is 0 Å². The Labute approximate surface area is 141 Å². The minimum atomic E-state index is -0.127. The highest BCUT2D eigenvalue weighted by Gasteiger charge is 2.12. The minimum absolute atomic E-state index is 0.0791. The van der Waals surface area contributed by atoms with Crippen molar-refractivity contribution in [3.05, 3.63) is 41.0 Å². The van der Waals surface area contributed by atoms with Crippen LogP contribution in [0.1, 0.15) is 23.6 Å². The number of hydrogen-bond acceptors (Lipinski definition) is 5. The Morgan fingerprint density at radius 1 is 0.875 bits per heavy atom. The molecule has 2 N–H and O–H groups in total. The minimum Gasteiger partial charge on any atom is -0.504 e. The molecule has 2 aromatic rings. The second-order valence-electron chi connectivity index (χ2n) is 5.16. The largest absolute Gasteiger partial charge is 0.504 e. The molecule has 0 amide bonds. The van der Waals surface area contributed by atoms with E-state index in [1.54, 1.807) is 57.7 Å². The number of aromatic hydroxyl groups is 2. The molecule has 0 aliphatic heterocycles. The third-order valence-electron chi connectivity index (χ3n) is 3.79. The average molecular weight is 330 g/mol. The molecule has 24 heavy (non-hydrogen) atoms. The predicted octanol–water partition coefficient (Wildman–Crippen LogP) is 3.86. The van der Waals surface area contributed by atoms with Gasteiger partial charge in [0.05, 0.1) is 21.3 Å². The van der Waals surface area contributed by atoms with Crippen LogP contribution in [0.15, 0.2) is 24.3 Å². The van der Waals surface area contributed by atoms with Crippen molar-refractivity contribution in [2.45, 2.75) is 13.3 Å². The first kappa shape index (κ1) is 17.5. The average Bonchev–Trinajstić information content (AvgIpc) is 2.61. The number of phenolic OH excluding ortho intramolecular Hbond substituents is 2. The Bertz CT molecular complexity index is 725. The number of ether oxygens (including phenoxy) is 3. The topological polar surface area (TPSA) is 68.2 Å². The molecule has 2 rings (SSSR count). The highest BCUT2D eigenvalue weighted by Crippen LogP contribution is 2.39. The molecule has 5 heteroatoms. The van der Waals surface area contributed by atoms with Gasteiger partial charge in [-0.3, -0.25) is 0 Å². The van der Waals surface area contributed by atoms with E-state index in [9.17, 15) is 10.2 Å². The lowest BCUT2D eigenvalue weighted by molar-refractivity contribution is 0.324. The first-order valence-electron chi connectivity index (χ1n) is 7.57. The zero-order valence-corrected chi connectivity index (χ0v) is 14.3. The molecule has 0 bridgehead atoms. The van der Waals surface area contributed by atoms with Gasteiger partial charge < -0.3 is 24.4 Å². The Kier molecular flexibility index (Phi) is 5.58. The van der Waals surface area contributed by atoms with Crippen molar-refractivity contribution in [2.24, 2.45) is 0 Å². The quantitative estimate of drug-likeness (QED) is 0.622. The summed E-state index contributed by atoms with van der Waals surface area (Å²) in [6.07, 6.45) is 4.16. The molecule has 0 fully saturated rings. The van der Waals surface area contributed by atoms with Crippen molar-refractivity contribution >= 4 is 12.2 Å². The fraction of sp³-hybridized carbons (Fsp3) is 0.263. The lowest BCUT2D eigenvalue weighted by Gasteiger charge is -2.13. The van der Waals surface area contributed by atoms with E-state index in [1.165, 1.54) is 0 Å². The first-order valence-corrected chi connectivity index (χ1v) is 7.57. The molecule has 128 valence electrons. The SMILES string of the molecule is CCc1ccc(/C=C/c2cc(OC)c(OC)c(OC)c2)c(O)c1O. The van der Waals surface area contributed by atoms with E-state index in [0.29, 0.717) is 34.8 Å². The number of phenols is 2. The molecule has 0 saturated carbocycles. The Balaban J connectivity index is 2.41. The Hall–Kier alpha value is -2.82. The molecule has 2 aromatic carbocycles. The van der Waals surface area contributed by atoms with Crippen LogP contribution >= 0.6 is 0 Å². The molecular formula is C19H22O5. The lowest BCUT2D eigenvalue weighted by atomic mass is 10.1. The van der Waals surface area contributed by atoms with Gasteiger partial charge in [-0.15, -0.1) is 0 Å². The second-order valence-corrected chi connectivity index (χ2v) is 5.16. The molecule has 0 radical (unpaired) electrons.